The van der Waals surface area contributed by atoms with Gasteiger partial charge in [0.05, 0.1) is 0 Å². The highest BCUT2D eigenvalue weighted by atomic mass is 19.4. The van der Waals surface area contributed by atoms with Crippen LogP contribution in [-0.2, 0) is 24.2 Å². The molecule has 0 atom stereocenters. The molecule has 0 radical (unpaired) electrons. The Morgan fingerprint density at radius 1 is 0.865 bits per heavy atom. The maximum absolute atomic E-state index is 14.3. The average molecular weight is 510 g/mol. The molecule has 5 nitrogen and oxygen atoms in total. The van der Waals surface area contributed by atoms with Crippen LogP contribution in [0, 0.1) is 5.95 Å². The molecule has 0 N–H and O–H groups in total. The molecule has 0 saturated heterocycles. The van der Waals surface area contributed by atoms with E-state index in [2.05, 4.69) is 14.7 Å². The van der Waals surface area contributed by atoms with Gasteiger partial charge < -0.3 is 9.47 Å². The van der Waals surface area contributed by atoms with Crippen LogP contribution in [0.5, 0.6) is 11.5 Å². The molecule has 2 aromatic heterocycles. The van der Waals surface area contributed by atoms with E-state index in [9.17, 15) is 22.4 Å². The normalized spacial score (nSPS) is 11.2. The molecule has 0 amide bonds. The Morgan fingerprint density at radius 2 is 1.62 bits per heavy atom. The van der Waals surface area contributed by atoms with Crippen molar-refractivity contribution in [2.24, 2.45) is 0 Å². The van der Waals surface area contributed by atoms with Gasteiger partial charge in [0.25, 0.3) is 0 Å². The number of pyridine rings is 2. The number of hydrogen-bond donors (Lipinski definition) is 0. The van der Waals surface area contributed by atoms with Crippen LogP contribution in [-0.4, -0.2) is 22.1 Å². The summed E-state index contributed by atoms with van der Waals surface area (Å²) in [6.45, 7) is -0.0423. The summed E-state index contributed by atoms with van der Waals surface area (Å²) in [6, 6.07) is 17.3. The summed E-state index contributed by atoms with van der Waals surface area (Å²) >= 11 is 0. The largest absolute Gasteiger partial charge is 0.573 e. The van der Waals surface area contributed by atoms with E-state index in [1.807, 2.05) is 12.1 Å². The Bertz CT molecular complexity index is 1340. The first kappa shape index (κ1) is 25.8. The number of aromatic nitrogens is 2. The Balaban J connectivity index is 1.41. The van der Waals surface area contributed by atoms with E-state index >= 15 is 0 Å². The van der Waals surface area contributed by atoms with Gasteiger partial charge in [-0.3, -0.25) is 9.78 Å². The fraction of sp³-hybridized carbons (Fsp3) is 0.179. The molecule has 0 bridgehead atoms. The third-order valence-electron chi connectivity index (χ3n) is 5.50. The smallest absolute Gasteiger partial charge is 0.489 e. The van der Waals surface area contributed by atoms with Gasteiger partial charge in [0.2, 0.25) is 5.95 Å². The molecule has 0 aliphatic carbocycles. The minimum Gasteiger partial charge on any atom is -0.489 e. The number of nitrogens with zero attached hydrogens (tertiary/aromatic N) is 2. The summed E-state index contributed by atoms with van der Waals surface area (Å²) in [5, 5.41) is 0. The number of alkyl halides is 3. The van der Waals surface area contributed by atoms with Crippen LogP contribution >= 0.6 is 0 Å². The van der Waals surface area contributed by atoms with Crippen LogP contribution in [0.15, 0.2) is 85.3 Å². The predicted octanol–water partition coefficient (Wildman–Crippen LogP) is 6.50. The number of Topliss-reactive ketones (excluding diaryl/α,β-unsaturated/α-hetero) is 1. The van der Waals surface area contributed by atoms with E-state index in [0.717, 1.165) is 23.3 Å². The van der Waals surface area contributed by atoms with Crippen molar-refractivity contribution in [3.8, 4) is 22.6 Å². The summed E-state index contributed by atoms with van der Waals surface area (Å²) in [4.78, 5) is 20.0. The lowest BCUT2D eigenvalue weighted by Crippen LogP contribution is -2.17. The van der Waals surface area contributed by atoms with Gasteiger partial charge in [0, 0.05) is 37.0 Å². The SMILES string of the molecule is O=C(CCc1cccnc1)Cc1ccc(OCc2ccc(OC(F)(F)F)cc2-c2cccnc2F)cc1. The van der Waals surface area contributed by atoms with Crippen LogP contribution in [0.1, 0.15) is 23.1 Å². The number of ether oxygens (including phenoxy) is 2. The molecular formula is C28H22F4N2O3. The van der Waals surface area contributed by atoms with E-state index < -0.39 is 18.1 Å². The molecule has 0 aliphatic heterocycles. The minimum atomic E-state index is -4.88. The number of benzene rings is 2. The number of aryl methyl sites for hydroxylation is 1. The summed E-state index contributed by atoms with van der Waals surface area (Å²) in [6.07, 6.45) is 1.10. The van der Waals surface area contributed by atoms with Gasteiger partial charge in [-0.2, -0.15) is 4.39 Å². The number of hydrogen-bond acceptors (Lipinski definition) is 5. The average Bonchev–Trinajstić information content (AvgIpc) is 2.87. The molecule has 0 spiro atoms. The van der Waals surface area contributed by atoms with Gasteiger partial charge in [0.1, 0.15) is 23.9 Å². The Kier molecular flexibility index (Phi) is 8.12. The first-order valence-electron chi connectivity index (χ1n) is 11.4. The molecule has 4 rings (SSSR count). The van der Waals surface area contributed by atoms with E-state index in [1.54, 1.807) is 36.7 Å². The van der Waals surface area contributed by atoms with Gasteiger partial charge in [-0.15, -0.1) is 13.2 Å². The van der Waals surface area contributed by atoms with Gasteiger partial charge in [-0.05, 0) is 71.1 Å². The molecule has 0 fully saturated rings. The molecule has 2 aromatic carbocycles. The number of carbonyl (C=O) groups is 1. The van der Waals surface area contributed by atoms with Crippen LogP contribution in [0.3, 0.4) is 0 Å². The Hall–Kier alpha value is -4.27. The molecule has 0 aliphatic rings. The monoisotopic (exact) mass is 510 g/mol. The van der Waals surface area contributed by atoms with Gasteiger partial charge in [-0.1, -0.05) is 24.3 Å². The van der Waals surface area contributed by atoms with Crippen molar-refractivity contribution in [3.05, 3.63) is 108 Å². The second-order valence-corrected chi connectivity index (χ2v) is 8.22. The molecule has 9 heteroatoms. The van der Waals surface area contributed by atoms with Crippen molar-refractivity contribution in [1.82, 2.24) is 9.97 Å². The number of halogens is 4. The van der Waals surface area contributed by atoms with Crippen LogP contribution in [0.2, 0.25) is 0 Å². The topological polar surface area (TPSA) is 61.3 Å². The molecule has 2 heterocycles. The fourth-order valence-electron chi connectivity index (χ4n) is 3.73. The quantitative estimate of drug-likeness (QED) is 0.180. The number of carbonyl (C=O) groups excluding carboxylic acids is 1. The summed E-state index contributed by atoms with van der Waals surface area (Å²) in [5.41, 5.74) is 2.46. The number of rotatable bonds is 10. The predicted molar refractivity (Wildman–Crippen MR) is 128 cm³/mol. The molecule has 0 saturated carbocycles. The van der Waals surface area contributed by atoms with Crippen molar-refractivity contribution >= 4 is 5.78 Å². The van der Waals surface area contributed by atoms with E-state index in [1.165, 1.54) is 24.4 Å². The lowest BCUT2D eigenvalue weighted by atomic mass is 10.0. The minimum absolute atomic E-state index is 0.0221. The highest BCUT2D eigenvalue weighted by Crippen LogP contribution is 2.32. The van der Waals surface area contributed by atoms with Crippen LogP contribution < -0.4 is 9.47 Å². The third-order valence-corrected chi connectivity index (χ3v) is 5.50. The Labute approximate surface area is 210 Å². The lowest BCUT2D eigenvalue weighted by molar-refractivity contribution is -0.274. The van der Waals surface area contributed by atoms with Gasteiger partial charge in [0.15, 0.2) is 0 Å². The zero-order chi connectivity index (χ0) is 26.3. The summed E-state index contributed by atoms with van der Waals surface area (Å²) < 4.78 is 62.2. The van der Waals surface area contributed by atoms with Crippen molar-refractivity contribution in [1.29, 1.82) is 0 Å². The first-order valence-corrected chi connectivity index (χ1v) is 11.4. The van der Waals surface area contributed by atoms with Crippen molar-refractivity contribution in [3.63, 3.8) is 0 Å². The van der Waals surface area contributed by atoms with Crippen LogP contribution in [0.4, 0.5) is 17.6 Å². The zero-order valence-corrected chi connectivity index (χ0v) is 19.5. The third kappa shape index (κ3) is 7.60. The van der Waals surface area contributed by atoms with Crippen molar-refractivity contribution < 1.29 is 31.8 Å². The molecular weight excluding hydrogens is 488 g/mol. The molecule has 4 aromatic rings. The highest BCUT2D eigenvalue weighted by Gasteiger charge is 2.31. The Morgan fingerprint density at radius 3 is 2.32 bits per heavy atom. The highest BCUT2D eigenvalue weighted by molar-refractivity contribution is 5.81. The summed E-state index contributed by atoms with van der Waals surface area (Å²) in [5.74, 6) is -0.723. The van der Waals surface area contributed by atoms with Crippen molar-refractivity contribution in [2.75, 3.05) is 0 Å². The first-order chi connectivity index (χ1) is 17.8. The van der Waals surface area contributed by atoms with E-state index in [0.29, 0.717) is 24.2 Å². The lowest BCUT2D eigenvalue weighted by Gasteiger charge is -2.15. The van der Waals surface area contributed by atoms with E-state index in [-0.39, 0.29) is 29.9 Å². The van der Waals surface area contributed by atoms with Gasteiger partial charge >= 0.3 is 6.36 Å². The standard InChI is InChI=1S/C28H22F4N2O3/c29-27-25(4-2-14-34-27)26-16-24(37-28(30,31)32)12-8-21(26)18-36-23-10-6-19(7-11-23)15-22(35)9-5-20-3-1-13-33-17-20/h1-4,6-8,10-14,16-17H,5,9,15,18H2. The maximum atomic E-state index is 14.3. The second kappa shape index (κ2) is 11.6. The molecule has 190 valence electrons. The zero-order valence-electron chi connectivity index (χ0n) is 19.5. The van der Waals surface area contributed by atoms with Crippen molar-refractivity contribution in [2.45, 2.75) is 32.2 Å². The fourth-order valence-corrected chi connectivity index (χ4v) is 3.73. The number of ketones is 1. The molecule has 0 unspecified atom stereocenters. The second-order valence-electron chi connectivity index (χ2n) is 8.22. The summed E-state index contributed by atoms with van der Waals surface area (Å²) in [7, 11) is 0. The van der Waals surface area contributed by atoms with Crippen LogP contribution in [0.25, 0.3) is 11.1 Å². The van der Waals surface area contributed by atoms with E-state index in [4.69, 9.17) is 4.74 Å². The molecule has 37 heavy (non-hydrogen) atoms. The van der Waals surface area contributed by atoms with Gasteiger partial charge in [-0.25, -0.2) is 4.98 Å². The maximum Gasteiger partial charge on any atom is 0.573 e.